The minimum atomic E-state index is -0.577. The van der Waals surface area contributed by atoms with Crippen molar-refractivity contribution in [3.05, 3.63) is 95.8 Å². The van der Waals surface area contributed by atoms with Gasteiger partial charge in [-0.25, -0.2) is 4.39 Å². The van der Waals surface area contributed by atoms with Gasteiger partial charge in [0, 0.05) is 16.9 Å². The maximum Gasteiger partial charge on any atom is 0.287 e. The number of aryl methyl sites for hydroxylation is 1. The topological polar surface area (TPSA) is 62.6 Å². The zero-order valence-corrected chi connectivity index (χ0v) is 17.0. The van der Waals surface area contributed by atoms with Gasteiger partial charge in [0.05, 0.1) is 7.05 Å². The molecule has 0 bridgehead atoms. The van der Waals surface area contributed by atoms with Crippen molar-refractivity contribution >= 4 is 23.2 Å². The largest absolute Gasteiger partial charge is 0.321 e. The van der Waals surface area contributed by atoms with Crippen LogP contribution in [0.1, 0.15) is 17.2 Å². The smallest absolute Gasteiger partial charge is 0.287 e. The average Bonchev–Trinajstić information content (AvgIpc) is 2.72. The molecule has 0 aliphatic heterocycles. The highest BCUT2D eigenvalue weighted by Gasteiger charge is 2.30. The van der Waals surface area contributed by atoms with Gasteiger partial charge in [0.1, 0.15) is 5.82 Å². The molecular weight excluding hydrogens is 381 g/mol. The molecule has 0 aromatic heterocycles. The van der Waals surface area contributed by atoms with Crippen LogP contribution in [0.2, 0.25) is 0 Å². The van der Waals surface area contributed by atoms with Crippen LogP contribution in [0, 0.1) is 12.7 Å². The maximum atomic E-state index is 13.1. The highest BCUT2D eigenvalue weighted by molar-refractivity contribution is 5.95. The van der Waals surface area contributed by atoms with Gasteiger partial charge in [-0.2, -0.15) is 0 Å². The molecule has 2 atom stereocenters. The van der Waals surface area contributed by atoms with Crippen molar-refractivity contribution in [2.24, 2.45) is 0 Å². The van der Waals surface area contributed by atoms with Crippen molar-refractivity contribution in [2.45, 2.75) is 13.0 Å². The summed E-state index contributed by atoms with van der Waals surface area (Å²) in [6.45, 7) is 2.05. The molecule has 0 fully saturated rings. The second kappa shape index (κ2) is 9.80. The van der Waals surface area contributed by atoms with Gasteiger partial charge in [-0.3, -0.25) is 9.59 Å². The summed E-state index contributed by atoms with van der Waals surface area (Å²) < 4.78 is 13.1. The zero-order chi connectivity index (χ0) is 21.5. The van der Waals surface area contributed by atoms with Crippen molar-refractivity contribution in [1.29, 1.82) is 0 Å². The number of halogens is 1. The monoisotopic (exact) mass is 406 g/mol. The molecule has 0 saturated carbocycles. The summed E-state index contributed by atoms with van der Waals surface area (Å²) in [6, 6.07) is 21.9. The minimum Gasteiger partial charge on any atom is -0.321 e. The third kappa shape index (κ3) is 5.75. The minimum absolute atomic E-state index is 0.0677. The van der Waals surface area contributed by atoms with Crippen LogP contribution in [0.25, 0.3) is 0 Å². The Morgan fingerprint density at radius 3 is 2.07 bits per heavy atom. The molecule has 2 amide bonds. The third-order valence-electron chi connectivity index (χ3n) is 4.77. The van der Waals surface area contributed by atoms with Gasteiger partial charge in [-0.05, 0) is 43.3 Å². The van der Waals surface area contributed by atoms with Crippen molar-refractivity contribution < 1.29 is 18.9 Å². The van der Waals surface area contributed by atoms with Gasteiger partial charge in [0.15, 0.2) is 12.6 Å². The molecule has 0 saturated heterocycles. The van der Waals surface area contributed by atoms with E-state index in [2.05, 4.69) is 10.6 Å². The number of likely N-dealkylation sites (N-methyl/N-ethyl adjacent to an activating group) is 1. The van der Waals surface area contributed by atoms with Crippen molar-refractivity contribution in [2.75, 3.05) is 24.2 Å². The van der Waals surface area contributed by atoms with E-state index >= 15 is 0 Å². The number of anilines is 2. The molecule has 154 valence electrons. The second-order valence-corrected chi connectivity index (χ2v) is 7.28. The Morgan fingerprint density at radius 1 is 0.867 bits per heavy atom. The predicted octanol–water partition coefficient (Wildman–Crippen LogP) is 2.97. The van der Waals surface area contributed by atoms with Crippen LogP contribution < -0.4 is 15.5 Å². The summed E-state index contributed by atoms with van der Waals surface area (Å²) in [7, 11) is 1.80. The summed E-state index contributed by atoms with van der Waals surface area (Å²) in [5, 5.41) is 5.69. The molecule has 3 aromatic carbocycles. The van der Waals surface area contributed by atoms with E-state index in [0.717, 1.165) is 11.1 Å². The number of benzene rings is 3. The first-order valence-corrected chi connectivity index (χ1v) is 9.72. The number of carbonyl (C=O) groups is 2. The fourth-order valence-corrected chi connectivity index (χ4v) is 3.25. The lowest BCUT2D eigenvalue weighted by Gasteiger charge is -2.24. The molecule has 30 heavy (non-hydrogen) atoms. The van der Waals surface area contributed by atoms with E-state index in [4.69, 9.17) is 0 Å². The molecule has 3 N–H and O–H groups in total. The Hall–Kier alpha value is -3.51. The fraction of sp³-hybridized carbons (Fsp3) is 0.167. The second-order valence-electron chi connectivity index (χ2n) is 7.28. The zero-order valence-electron chi connectivity index (χ0n) is 17.0. The highest BCUT2D eigenvalue weighted by atomic mass is 19.1. The van der Waals surface area contributed by atoms with Crippen LogP contribution in [-0.2, 0) is 9.59 Å². The summed E-state index contributed by atoms with van der Waals surface area (Å²) >= 11 is 0. The fourth-order valence-electron chi connectivity index (χ4n) is 3.25. The Bertz CT molecular complexity index is 989. The van der Waals surface area contributed by atoms with Gasteiger partial charge in [-0.1, -0.05) is 48.0 Å². The summed E-state index contributed by atoms with van der Waals surface area (Å²) in [6.07, 6.45) is 0. The van der Waals surface area contributed by atoms with Gasteiger partial charge in [0.2, 0.25) is 0 Å². The van der Waals surface area contributed by atoms with Crippen LogP contribution in [0.15, 0.2) is 78.9 Å². The van der Waals surface area contributed by atoms with Gasteiger partial charge >= 0.3 is 0 Å². The highest BCUT2D eigenvalue weighted by Crippen LogP contribution is 2.15. The first kappa shape index (κ1) is 21.2. The maximum absolute atomic E-state index is 13.1. The van der Waals surface area contributed by atoms with Crippen molar-refractivity contribution in [3.8, 4) is 0 Å². The number of nitrogens with one attached hydrogen (secondary N) is 3. The SMILES string of the molecule is Cc1ccc(NC(=O)[C@@H](c2ccccc2)[NH+](C)CC(=O)Nc2ccc(F)cc2)cc1. The van der Waals surface area contributed by atoms with E-state index in [-0.39, 0.29) is 24.2 Å². The number of amides is 2. The lowest BCUT2D eigenvalue weighted by Crippen LogP contribution is -3.11. The molecule has 0 spiro atoms. The molecule has 3 rings (SSSR count). The average molecular weight is 406 g/mol. The summed E-state index contributed by atoms with van der Waals surface area (Å²) in [5.41, 5.74) is 3.13. The van der Waals surface area contributed by atoms with E-state index < -0.39 is 6.04 Å². The molecular formula is C24H25FN3O2+. The first-order valence-electron chi connectivity index (χ1n) is 9.72. The van der Waals surface area contributed by atoms with Crippen molar-refractivity contribution in [3.63, 3.8) is 0 Å². The van der Waals surface area contributed by atoms with E-state index in [0.29, 0.717) is 16.3 Å². The standard InChI is InChI=1S/C24H24FN3O2/c1-17-8-12-21(13-9-17)27-24(30)23(18-6-4-3-5-7-18)28(2)16-22(29)26-20-14-10-19(25)11-15-20/h3-15,23H,16H2,1-2H3,(H,26,29)(H,27,30)/p+1/t23-/m1/s1. The van der Waals surface area contributed by atoms with Crippen LogP contribution in [0.3, 0.4) is 0 Å². The van der Waals surface area contributed by atoms with Gasteiger partial charge in [0.25, 0.3) is 11.8 Å². The molecule has 0 aliphatic carbocycles. The Balaban J connectivity index is 1.74. The lowest BCUT2D eigenvalue weighted by molar-refractivity contribution is -0.893. The number of quaternary nitrogens is 1. The van der Waals surface area contributed by atoms with Crippen molar-refractivity contribution in [1.82, 2.24) is 0 Å². The molecule has 0 heterocycles. The normalized spacial score (nSPS) is 12.6. The van der Waals surface area contributed by atoms with E-state index in [9.17, 15) is 14.0 Å². The molecule has 0 aliphatic rings. The number of rotatable bonds is 7. The molecule has 1 unspecified atom stereocenters. The Labute approximate surface area is 175 Å². The van der Waals surface area contributed by atoms with E-state index in [1.807, 2.05) is 61.5 Å². The lowest BCUT2D eigenvalue weighted by atomic mass is 10.0. The predicted molar refractivity (Wildman–Crippen MR) is 116 cm³/mol. The number of hydrogen-bond acceptors (Lipinski definition) is 2. The van der Waals surface area contributed by atoms with Crippen LogP contribution >= 0.6 is 0 Å². The van der Waals surface area contributed by atoms with E-state index in [1.165, 1.54) is 24.3 Å². The Kier molecular flexibility index (Phi) is 6.93. The van der Waals surface area contributed by atoms with E-state index in [1.54, 1.807) is 7.05 Å². The van der Waals surface area contributed by atoms with Gasteiger partial charge in [-0.15, -0.1) is 0 Å². The van der Waals surface area contributed by atoms with Gasteiger partial charge < -0.3 is 15.5 Å². The number of carbonyl (C=O) groups excluding carboxylic acids is 2. The van der Waals surface area contributed by atoms with Crippen LogP contribution in [0.5, 0.6) is 0 Å². The van der Waals surface area contributed by atoms with Crippen LogP contribution in [0.4, 0.5) is 15.8 Å². The molecule has 5 nitrogen and oxygen atoms in total. The first-order chi connectivity index (χ1) is 14.4. The third-order valence-corrected chi connectivity index (χ3v) is 4.77. The quantitative estimate of drug-likeness (QED) is 0.565. The molecule has 0 radical (unpaired) electrons. The molecule has 6 heteroatoms. The van der Waals surface area contributed by atoms with Crippen LogP contribution in [-0.4, -0.2) is 25.4 Å². The number of hydrogen-bond donors (Lipinski definition) is 3. The summed E-state index contributed by atoms with van der Waals surface area (Å²) in [5.74, 6) is -0.826. The molecule has 3 aromatic rings. The Morgan fingerprint density at radius 2 is 1.43 bits per heavy atom. The summed E-state index contributed by atoms with van der Waals surface area (Å²) in [4.78, 5) is 26.3.